The molecule has 98 valence electrons. The standard InChI is InChI=1S/C13H16BrClN2O/c1-3-10-5-4-8(2)17(10)13(18)11-6-9(14)7-16-12(11)15/h6-8,10H,3-5H2,1-2H3. The second kappa shape index (κ2) is 5.57. The molecule has 1 saturated heterocycles. The van der Waals surface area contributed by atoms with Gasteiger partial charge in [-0.2, -0.15) is 0 Å². The molecule has 1 aliphatic rings. The molecule has 0 N–H and O–H groups in total. The van der Waals surface area contributed by atoms with E-state index in [1.54, 1.807) is 12.3 Å². The Morgan fingerprint density at radius 1 is 1.61 bits per heavy atom. The van der Waals surface area contributed by atoms with Crippen molar-refractivity contribution in [1.29, 1.82) is 0 Å². The molecule has 1 aromatic rings. The van der Waals surface area contributed by atoms with E-state index in [4.69, 9.17) is 11.6 Å². The van der Waals surface area contributed by atoms with Gasteiger partial charge >= 0.3 is 0 Å². The van der Waals surface area contributed by atoms with Crippen molar-refractivity contribution in [2.75, 3.05) is 0 Å². The SMILES string of the molecule is CCC1CCC(C)N1C(=O)c1cc(Br)cnc1Cl. The lowest BCUT2D eigenvalue weighted by Crippen LogP contribution is -2.39. The summed E-state index contributed by atoms with van der Waals surface area (Å²) in [7, 11) is 0. The molecule has 2 atom stereocenters. The zero-order valence-electron chi connectivity index (χ0n) is 10.5. The van der Waals surface area contributed by atoms with Crippen LogP contribution in [0.1, 0.15) is 43.5 Å². The molecule has 2 rings (SSSR count). The van der Waals surface area contributed by atoms with Gasteiger partial charge in [-0.1, -0.05) is 18.5 Å². The number of carbonyl (C=O) groups excluding carboxylic acids is 1. The highest BCUT2D eigenvalue weighted by Gasteiger charge is 2.34. The molecular weight excluding hydrogens is 316 g/mol. The topological polar surface area (TPSA) is 33.2 Å². The fourth-order valence-electron chi connectivity index (χ4n) is 2.55. The molecule has 0 aliphatic carbocycles. The van der Waals surface area contributed by atoms with Gasteiger partial charge in [-0.05, 0) is 48.2 Å². The van der Waals surface area contributed by atoms with Gasteiger partial charge < -0.3 is 4.90 Å². The van der Waals surface area contributed by atoms with Gasteiger partial charge in [-0.3, -0.25) is 4.79 Å². The van der Waals surface area contributed by atoms with Crippen molar-refractivity contribution in [3.8, 4) is 0 Å². The first-order chi connectivity index (χ1) is 8.54. The molecule has 1 aliphatic heterocycles. The van der Waals surface area contributed by atoms with E-state index >= 15 is 0 Å². The minimum atomic E-state index is -0.00866. The average molecular weight is 332 g/mol. The van der Waals surface area contributed by atoms with Crippen LogP contribution in [0.2, 0.25) is 5.15 Å². The van der Waals surface area contributed by atoms with Crippen molar-refractivity contribution in [3.63, 3.8) is 0 Å². The van der Waals surface area contributed by atoms with Gasteiger partial charge in [0, 0.05) is 22.8 Å². The number of hydrogen-bond donors (Lipinski definition) is 0. The normalized spacial score (nSPS) is 23.4. The number of amides is 1. The van der Waals surface area contributed by atoms with Crippen molar-refractivity contribution in [3.05, 3.63) is 27.5 Å². The van der Waals surface area contributed by atoms with Crippen molar-refractivity contribution in [2.45, 2.75) is 45.2 Å². The Balaban J connectivity index is 2.32. The molecule has 18 heavy (non-hydrogen) atoms. The Kier molecular flexibility index (Phi) is 4.28. The van der Waals surface area contributed by atoms with Crippen molar-refractivity contribution >= 4 is 33.4 Å². The van der Waals surface area contributed by atoms with Crippen LogP contribution in [0.3, 0.4) is 0 Å². The summed E-state index contributed by atoms with van der Waals surface area (Å²) in [6.45, 7) is 4.20. The molecule has 0 saturated carbocycles. The predicted octanol–water partition coefficient (Wildman–Crippen LogP) is 3.90. The van der Waals surface area contributed by atoms with E-state index in [0.29, 0.717) is 11.6 Å². The van der Waals surface area contributed by atoms with Gasteiger partial charge in [0.2, 0.25) is 0 Å². The number of hydrogen-bond acceptors (Lipinski definition) is 2. The summed E-state index contributed by atoms with van der Waals surface area (Å²) >= 11 is 9.36. The third kappa shape index (κ3) is 2.54. The van der Waals surface area contributed by atoms with Crippen LogP contribution >= 0.6 is 27.5 Å². The van der Waals surface area contributed by atoms with Crippen LogP contribution < -0.4 is 0 Å². The number of pyridine rings is 1. The molecule has 1 amide bonds. The summed E-state index contributed by atoms with van der Waals surface area (Å²) in [4.78, 5) is 18.6. The first-order valence-corrected chi connectivity index (χ1v) is 7.35. The lowest BCUT2D eigenvalue weighted by atomic mass is 10.1. The highest BCUT2D eigenvalue weighted by molar-refractivity contribution is 9.10. The third-order valence-electron chi connectivity index (χ3n) is 3.53. The lowest BCUT2D eigenvalue weighted by Gasteiger charge is -2.28. The molecule has 1 fully saturated rings. The predicted molar refractivity (Wildman–Crippen MR) is 75.9 cm³/mol. The van der Waals surface area contributed by atoms with Gasteiger partial charge in [-0.25, -0.2) is 4.98 Å². The second-order valence-electron chi connectivity index (χ2n) is 4.69. The van der Waals surface area contributed by atoms with Crippen molar-refractivity contribution in [1.82, 2.24) is 9.88 Å². The number of halogens is 2. The molecule has 2 heterocycles. The van der Waals surface area contributed by atoms with Gasteiger partial charge in [-0.15, -0.1) is 0 Å². The van der Waals surface area contributed by atoms with E-state index in [1.165, 1.54) is 0 Å². The van der Waals surface area contributed by atoms with Gasteiger partial charge in [0.25, 0.3) is 5.91 Å². The third-order valence-corrected chi connectivity index (χ3v) is 4.26. The minimum absolute atomic E-state index is 0.00866. The summed E-state index contributed by atoms with van der Waals surface area (Å²) in [5.41, 5.74) is 0.484. The molecule has 3 nitrogen and oxygen atoms in total. The number of likely N-dealkylation sites (tertiary alicyclic amines) is 1. The number of carbonyl (C=O) groups is 1. The molecule has 5 heteroatoms. The fourth-order valence-corrected chi connectivity index (χ4v) is 3.07. The average Bonchev–Trinajstić information content (AvgIpc) is 2.72. The number of aromatic nitrogens is 1. The Morgan fingerprint density at radius 2 is 2.33 bits per heavy atom. The van der Waals surface area contributed by atoms with Crippen LogP contribution in [-0.2, 0) is 0 Å². The Labute approximate surface area is 121 Å². The van der Waals surface area contributed by atoms with Crippen LogP contribution in [0.25, 0.3) is 0 Å². The highest BCUT2D eigenvalue weighted by Crippen LogP contribution is 2.29. The highest BCUT2D eigenvalue weighted by atomic mass is 79.9. The molecule has 2 unspecified atom stereocenters. The van der Waals surface area contributed by atoms with Crippen molar-refractivity contribution < 1.29 is 4.79 Å². The first kappa shape index (κ1) is 13.8. The zero-order chi connectivity index (χ0) is 13.3. The smallest absolute Gasteiger partial charge is 0.257 e. The van der Waals surface area contributed by atoms with E-state index in [0.717, 1.165) is 23.7 Å². The van der Waals surface area contributed by atoms with E-state index < -0.39 is 0 Å². The van der Waals surface area contributed by atoms with Crippen LogP contribution in [0.15, 0.2) is 16.7 Å². The maximum absolute atomic E-state index is 12.6. The number of nitrogens with zero attached hydrogens (tertiary/aromatic N) is 2. The molecule has 1 aromatic heterocycles. The Hall–Kier alpha value is -0.610. The van der Waals surface area contributed by atoms with Gasteiger partial charge in [0.15, 0.2) is 0 Å². The van der Waals surface area contributed by atoms with Crippen LogP contribution in [0, 0.1) is 0 Å². The van der Waals surface area contributed by atoms with E-state index in [-0.39, 0.29) is 17.1 Å². The molecule has 0 spiro atoms. The minimum Gasteiger partial charge on any atom is -0.333 e. The second-order valence-corrected chi connectivity index (χ2v) is 5.97. The van der Waals surface area contributed by atoms with Gasteiger partial charge in [0.05, 0.1) is 5.56 Å². The summed E-state index contributed by atoms with van der Waals surface area (Å²) in [5, 5.41) is 0.275. The van der Waals surface area contributed by atoms with E-state index in [1.807, 2.05) is 4.90 Å². The molecule has 0 radical (unpaired) electrons. The summed E-state index contributed by atoms with van der Waals surface area (Å²) in [6.07, 6.45) is 4.71. The zero-order valence-corrected chi connectivity index (χ0v) is 12.8. The van der Waals surface area contributed by atoms with E-state index in [2.05, 4.69) is 34.8 Å². The number of rotatable bonds is 2. The van der Waals surface area contributed by atoms with Crippen molar-refractivity contribution in [2.24, 2.45) is 0 Å². The summed E-state index contributed by atoms with van der Waals surface area (Å²) < 4.78 is 0.773. The summed E-state index contributed by atoms with van der Waals surface area (Å²) in [6, 6.07) is 2.34. The Morgan fingerprint density at radius 3 is 3.00 bits per heavy atom. The monoisotopic (exact) mass is 330 g/mol. The Bertz CT molecular complexity index is 466. The molecule has 0 aromatic carbocycles. The van der Waals surface area contributed by atoms with E-state index in [9.17, 15) is 4.79 Å². The quantitative estimate of drug-likeness (QED) is 0.770. The molecule has 0 bridgehead atoms. The lowest BCUT2D eigenvalue weighted by molar-refractivity contribution is 0.0676. The molecular formula is C13H16BrClN2O. The first-order valence-electron chi connectivity index (χ1n) is 6.18. The maximum atomic E-state index is 12.6. The van der Waals surface area contributed by atoms with Gasteiger partial charge in [0.1, 0.15) is 5.15 Å². The van der Waals surface area contributed by atoms with Crippen LogP contribution in [0.5, 0.6) is 0 Å². The van der Waals surface area contributed by atoms with Crippen LogP contribution in [-0.4, -0.2) is 27.9 Å². The fraction of sp³-hybridized carbons (Fsp3) is 0.538. The summed E-state index contributed by atoms with van der Waals surface area (Å²) in [5.74, 6) is -0.00866. The maximum Gasteiger partial charge on any atom is 0.257 e. The largest absolute Gasteiger partial charge is 0.333 e. The van der Waals surface area contributed by atoms with Crippen LogP contribution in [0.4, 0.5) is 0 Å².